The SMILES string of the molecule is CC#N.COc1c(Cl)cccc1-c1c(C(F)(F)F)cc2c(N(N)C3CCN(C(=O)/C=C/CF)CC3)c(N)c(N3CC(C)(N(C)C)C3)nc2c1F. The fourth-order valence-corrected chi connectivity index (χ4v) is 6.52. The average molecular weight is 723 g/mol. The fraction of sp³-hybridized carbons (Fsp3) is 0.441. The van der Waals surface area contributed by atoms with Gasteiger partial charge in [0.25, 0.3) is 0 Å². The molecule has 0 aliphatic carbocycles. The number of nitrogen functional groups attached to an aromatic ring is 1. The molecule has 0 unspecified atom stereocenters. The Hall–Kier alpha value is -4.39. The highest BCUT2D eigenvalue weighted by molar-refractivity contribution is 6.32. The van der Waals surface area contributed by atoms with Crippen LogP contribution in [0.5, 0.6) is 5.75 Å². The van der Waals surface area contributed by atoms with Gasteiger partial charge in [-0.25, -0.2) is 19.6 Å². The molecule has 0 radical (unpaired) electrons. The van der Waals surface area contributed by atoms with Gasteiger partial charge in [-0.3, -0.25) is 4.79 Å². The number of alkyl halides is 4. The van der Waals surface area contributed by atoms with E-state index in [1.54, 1.807) is 6.07 Å². The number of nitriles is 1. The van der Waals surface area contributed by atoms with Crippen LogP contribution in [0.25, 0.3) is 22.0 Å². The van der Waals surface area contributed by atoms with Crippen molar-refractivity contribution in [2.45, 2.75) is 44.4 Å². The smallest absolute Gasteiger partial charge is 0.417 e. The molecule has 4 N–H and O–H groups in total. The third-order valence-corrected chi connectivity index (χ3v) is 9.47. The summed E-state index contributed by atoms with van der Waals surface area (Å²) in [4.78, 5) is 22.4. The van der Waals surface area contributed by atoms with E-state index < -0.39 is 35.8 Å². The Morgan fingerprint density at radius 1 is 1.26 bits per heavy atom. The Kier molecular flexibility index (Phi) is 11.7. The third kappa shape index (κ3) is 7.38. The first-order valence-electron chi connectivity index (χ1n) is 15.7. The van der Waals surface area contributed by atoms with Gasteiger partial charge in [0.1, 0.15) is 23.6 Å². The molecule has 10 nitrogen and oxygen atoms in total. The predicted molar refractivity (Wildman–Crippen MR) is 185 cm³/mol. The number of likely N-dealkylation sites (tertiary alicyclic amines) is 1. The number of rotatable bonds is 8. The molecule has 2 aliphatic heterocycles. The van der Waals surface area contributed by atoms with Crippen LogP contribution in [0.2, 0.25) is 5.02 Å². The lowest BCUT2D eigenvalue weighted by Crippen LogP contribution is -2.67. The van der Waals surface area contributed by atoms with Gasteiger partial charge < -0.3 is 30.2 Å². The maximum absolute atomic E-state index is 16.8. The molecule has 2 aliphatic rings. The number of hydrazine groups is 1. The van der Waals surface area contributed by atoms with Crippen LogP contribution in [0.1, 0.15) is 32.3 Å². The van der Waals surface area contributed by atoms with Crippen molar-refractivity contribution in [3.8, 4) is 22.9 Å². The molecule has 16 heteroatoms. The minimum Gasteiger partial charge on any atom is -0.495 e. The van der Waals surface area contributed by atoms with Crippen molar-refractivity contribution in [2.24, 2.45) is 5.84 Å². The molecule has 1 amide bonds. The van der Waals surface area contributed by atoms with Crippen LogP contribution in [-0.2, 0) is 11.0 Å². The number of hydrogen-bond donors (Lipinski definition) is 2. The molecule has 3 aromatic rings. The summed E-state index contributed by atoms with van der Waals surface area (Å²) in [6.07, 6.45) is -2.07. The van der Waals surface area contributed by atoms with Gasteiger partial charge in [0.15, 0.2) is 11.6 Å². The number of carbonyl (C=O) groups excluding carboxylic acids is 1. The maximum Gasteiger partial charge on any atom is 0.417 e. The number of nitrogens with two attached hydrogens (primary N) is 2. The molecule has 3 heterocycles. The molecule has 2 aromatic carbocycles. The summed E-state index contributed by atoms with van der Waals surface area (Å²) in [6, 6.07) is 6.23. The van der Waals surface area contributed by atoms with Gasteiger partial charge in [-0.15, -0.1) is 0 Å². The molecule has 270 valence electrons. The summed E-state index contributed by atoms with van der Waals surface area (Å²) in [7, 11) is 5.09. The topological polar surface area (TPSA) is 128 Å². The Balaban J connectivity index is 0.00000181. The van der Waals surface area contributed by atoms with Crippen LogP contribution >= 0.6 is 11.6 Å². The van der Waals surface area contributed by atoms with Crippen LogP contribution in [0, 0.1) is 17.1 Å². The highest BCUT2D eigenvalue weighted by Crippen LogP contribution is 2.49. The second-order valence-corrected chi connectivity index (χ2v) is 12.9. The van der Waals surface area contributed by atoms with E-state index in [1.165, 1.54) is 42.1 Å². The largest absolute Gasteiger partial charge is 0.495 e. The summed E-state index contributed by atoms with van der Waals surface area (Å²) in [5.74, 6) is 5.16. The second-order valence-electron chi connectivity index (χ2n) is 12.5. The number of ether oxygens (including phenoxy) is 1. The van der Waals surface area contributed by atoms with Crippen molar-refractivity contribution < 1.29 is 31.5 Å². The summed E-state index contributed by atoms with van der Waals surface area (Å²) in [5, 5.41) is 8.38. The molecule has 1 aromatic heterocycles. The van der Waals surface area contributed by atoms with Crippen molar-refractivity contribution in [3.63, 3.8) is 0 Å². The van der Waals surface area contributed by atoms with E-state index in [0.29, 0.717) is 25.9 Å². The number of hydrogen-bond acceptors (Lipinski definition) is 9. The van der Waals surface area contributed by atoms with Crippen molar-refractivity contribution in [3.05, 3.63) is 52.8 Å². The van der Waals surface area contributed by atoms with Gasteiger partial charge in [0.2, 0.25) is 5.91 Å². The summed E-state index contributed by atoms with van der Waals surface area (Å²) in [5.41, 5.74) is 3.85. The van der Waals surface area contributed by atoms with Crippen molar-refractivity contribution in [1.82, 2.24) is 14.8 Å². The first-order chi connectivity index (χ1) is 23.5. The molecular formula is C34H40ClF5N8O2. The highest BCUT2D eigenvalue weighted by Gasteiger charge is 2.44. The van der Waals surface area contributed by atoms with Crippen LogP contribution < -0.4 is 26.2 Å². The quantitative estimate of drug-likeness (QED) is 0.121. The van der Waals surface area contributed by atoms with Gasteiger partial charge in [0.05, 0.1) is 35.0 Å². The minimum absolute atomic E-state index is 0.000401. The molecule has 0 atom stereocenters. The number of fused-ring (bicyclic) bond motifs is 1. The lowest BCUT2D eigenvalue weighted by molar-refractivity contribution is -0.137. The number of halogens is 6. The van der Waals surface area contributed by atoms with Crippen LogP contribution in [0.4, 0.5) is 39.1 Å². The van der Waals surface area contributed by atoms with Crippen LogP contribution in [0.15, 0.2) is 36.4 Å². The monoisotopic (exact) mass is 722 g/mol. The minimum atomic E-state index is -5.01. The number of amides is 1. The fourth-order valence-electron chi connectivity index (χ4n) is 6.27. The van der Waals surface area contributed by atoms with Crippen LogP contribution in [-0.4, -0.2) is 86.3 Å². The number of carbonyl (C=O) groups is 1. The van der Waals surface area contributed by atoms with E-state index >= 15 is 4.39 Å². The molecule has 0 bridgehead atoms. The zero-order valence-corrected chi connectivity index (χ0v) is 29.2. The second kappa shape index (κ2) is 15.2. The summed E-state index contributed by atoms with van der Waals surface area (Å²) in [6.45, 7) is 4.15. The predicted octanol–water partition coefficient (Wildman–Crippen LogP) is 6.17. The molecule has 50 heavy (non-hydrogen) atoms. The average Bonchev–Trinajstić information content (AvgIpc) is 3.05. The first-order valence-corrected chi connectivity index (χ1v) is 16.1. The molecule has 5 rings (SSSR count). The van der Waals surface area contributed by atoms with E-state index in [-0.39, 0.29) is 69.0 Å². The van der Waals surface area contributed by atoms with E-state index in [9.17, 15) is 22.4 Å². The number of benzene rings is 2. The normalized spacial score (nSPS) is 16.2. The van der Waals surface area contributed by atoms with E-state index in [2.05, 4.69) is 4.98 Å². The number of nitrogens with zero attached hydrogens (tertiary/aromatic N) is 6. The Morgan fingerprint density at radius 3 is 2.42 bits per heavy atom. The standard InChI is InChI=1S/C32H37ClF5N7O2.C2H3N/c1-31(42(2)3)16-44(17-31)30-26(39)28(45(40)18-10-13-43(14-11-18)23(46)9-6-12-34)20-15-21(32(36,37)38)24(25(35)27(20)41-30)19-7-5-8-22(33)29(19)47-4;1-2-3/h5-9,15,18H,10-14,16-17,39-40H2,1-4H3;1H3/b9-6+;. The van der Waals surface area contributed by atoms with Gasteiger partial charge in [-0.05, 0) is 52.1 Å². The first kappa shape index (κ1) is 38.4. The van der Waals surface area contributed by atoms with Gasteiger partial charge in [-0.2, -0.15) is 18.4 Å². The zero-order chi connectivity index (χ0) is 37.1. The number of allylic oxidation sites excluding steroid dienone is 1. The van der Waals surface area contributed by atoms with E-state index in [1.807, 2.05) is 30.8 Å². The maximum atomic E-state index is 16.8. The number of anilines is 3. The van der Waals surface area contributed by atoms with Crippen LogP contribution in [0.3, 0.4) is 0 Å². The highest BCUT2D eigenvalue weighted by atomic mass is 35.5. The van der Waals surface area contributed by atoms with Crippen molar-refractivity contribution in [1.29, 1.82) is 5.26 Å². The van der Waals surface area contributed by atoms with E-state index in [0.717, 1.165) is 18.2 Å². The van der Waals surface area contributed by atoms with Gasteiger partial charge in [0, 0.05) is 61.7 Å². The molecule has 2 saturated heterocycles. The Bertz CT molecular complexity index is 1800. The number of piperidine rings is 1. The van der Waals surface area contributed by atoms with Gasteiger partial charge in [-0.1, -0.05) is 23.7 Å². The zero-order valence-electron chi connectivity index (χ0n) is 28.4. The lowest BCUT2D eigenvalue weighted by Gasteiger charge is -2.52. The van der Waals surface area contributed by atoms with Crippen molar-refractivity contribution in [2.75, 3.05) is 69.7 Å². The van der Waals surface area contributed by atoms with Crippen molar-refractivity contribution >= 4 is 45.6 Å². The molecule has 2 fully saturated rings. The number of methoxy groups -OCH3 is 1. The summed E-state index contributed by atoms with van der Waals surface area (Å²) >= 11 is 6.25. The number of para-hydroxylation sites is 1. The molecule has 0 saturated carbocycles. The number of aromatic nitrogens is 1. The Labute approximate surface area is 292 Å². The van der Waals surface area contributed by atoms with E-state index in [4.69, 9.17) is 33.2 Å². The Morgan fingerprint density at radius 2 is 1.88 bits per heavy atom. The summed E-state index contributed by atoms with van der Waals surface area (Å²) < 4.78 is 79.0. The lowest BCUT2D eigenvalue weighted by atomic mass is 9.90. The number of pyridine rings is 1. The molecule has 0 spiro atoms. The van der Waals surface area contributed by atoms with Gasteiger partial charge >= 0.3 is 6.18 Å². The third-order valence-electron chi connectivity index (χ3n) is 9.17. The number of likely N-dealkylation sites (N-methyl/N-ethyl adjacent to an activating group) is 1. The molecular weight excluding hydrogens is 683 g/mol.